The number of aliphatic hydroxyl groups is 1. The molecular weight excluding hydrogens is 524 g/mol. The van der Waals surface area contributed by atoms with Gasteiger partial charge in [0.25, 0.3) is 5.91 Å². The van der Waals surface area contributed by atoms with E-state index >= 15 is 0 Å². The van der Waals surface area contributed by atoms with Crippen molar-refractivity contribution in [3.05, 3.63) is 119 Å². The number of carbonyl (C=O) groups is 1. The summed E-state index contributed by atoms with van der Waals surface area (Å²) >= 11 is 5.97. The average Bonchev–Trinajstić information content (AvgIpc) is 2.92. The minimum Gasteiger partial charge on any atom is -0.507 e. The topological polar surface area (TPSA) is 116 Å². The maximum Gasteiger partial charge on any atom is 0.259 e. The highest BCUT2D eigenvalue weighted by Gasteiger charge is 2.21. The third-order valence-electron chi connectivity index (χ3n) is 5.95. The molecule has 0 aliphatic carbocycles. The Kier molecular flexibility index (Phi) is 8.81. The molecule has 0 aliphatic rings. The average molecular weight is 551 g/mol. The van der Waals surface area contributed by atoms with Gasteiger partial charge < -0.3 is 20.8 Å². The second-order valence-electron chi connectivity index (χ2n) is 8.67. The van der Waals surface area contributed by atoms with E-state index in [1.165, 1.54) is 30.3 Å². The van der Waals surface area contributed by atoms with E-state index in [1.54, 1.807) is 60.7 Å². The van der Waals surface area contributed by atoms with Crippen molar-refractivity contribution in [2.75, 3.05) is 18.4 Å². The SMILES string of the molecule is O=C(Nc1ccccc1)c1cc(S(=O)(=O)c2ccc(CCNC[C@@H](O)c3cccc(Cl)c3)cc2)ccc1O. The van der Waals surface area contributed by atoms with Crippen LogP contribution in [0.25, 0.3) is 0 Å². The van der Waals surface area contributed by atoms with Crippen LogP contribution in [0.5, 0.6) is 5.75 Å². The number of carbonyl (C=O) groups excluding carboxylic acids is 1. The Morgan fingerprint density at radius 2 is 1.58 bits per heavy atom. The first-order valence-electron chi connectivity index (χ1n) is 11.9. The zero-order valence-electron chi connectivity index (χ0n) is 20.3. The van der Waals surface area contributed by atoms with E-state index in [1.807, 2.05) is 6.07 Å². The Morgan fingerprint density at radius 3 is 2.29 bits per heavy atom. The Hall–Kier alpha value is -3.69. The van der Waals surface area contributed by atoms with Crippen molar-refractivity contribution in [3.8, 4) is 5.75 Å². The van der Waals surface area contributed by atoms with Crippen LogP contribution in [-0.2, 0) is 16.3 Å². The molecule has 0 saturated heterocycles. The third kappa shape index (κ3) is 6.79. The second kappa shape index (κ2) is 12.2. The van der Waals surface area contributed by atoms with Gasteiger partial charge >= 0.3 is 0 Å². The van der Waals surface area contributed by atoms with Crippen molar-refractivity contribution in [3.63, 3.8) is 0 Å². The van der Waals surface area contributed by atoms with Crippen molar-refractivity contribution in [2.45, 2.75) is 22.3 Å². The van der Waals surface area contributed by atoms with E-state index in [9.17, 15) is 23.4 Å². The van der Waals surface area contributed by atoms with Gasteiger partial charge in [-0.3, -0.25) is 4.79 Å². The first kappa shape index (κ1) is 27.3. The van der Waals surface area contributed by atoms with E-state index < -0.39 is 21.8 Å². The maximum absolute atomic E-state index is 13.2. The molecule has 0 aliphatic heterocycles. The fraction of sp³-hybridized carbons (Fsp3) is 0.138. The summed E-state index contributed by atoms with van der Waals surface area (Å²) in [5.41, 5.74) is 2.03. The Bertz CT molecular complexity index is 1510. The van der Waals surface area contributed by atoms with Crippen molar-refractivity contribution in [1.29, 1.82) is 0 Å². The smallest absolute Gasteiger partial charge is 0.259 e. The molecule has 4 aromatic rings. The molecule has 196 valence electrons. The van der Waals surface area contributed by atoms with Gasteiger partial charge in [0.05, 0.1) is 21.5 Å². The molecule has 0 radical (unpaired) electrons. The summed E-state index contributed by atoms with van der Waals surface area (Å²) in [4.78, 5) is 12.6. The Balaban J connectivity index is 1.38. The number of amides is 1. The molecule has 0 saturated carbocycles. The summed E-state index contributed by atoms with van der Waals surface area (Å²) < 4.78 is 26.4. The number of nitrogens with one attached hydrogen (secondary N) is 2. The number of anilines is 1. The molecule has 1 amide bonds. The molecule has 9 heteroatoms. The van der Waals surface area contributed by atoms with Crippen LogP contribution in [0.1, 0.15) is 27.6 Å². The van der Waals surface area contributed by atoms with E-state index in [0.29, 0.717) is 30.2 Å². The summed E-state index contributed by atoms with van der Waals surface area (Å²) in [6.07, 6.45) is -0.0581. The quantitative estimate of drug-likeness (QED) is 0.207. The zero-order valence-corrected chi connectivity index (χ0v) is 21.9. The van der Waals surface area contributed by atoms with E-state index in [2.05, 4.69) is 10.6 Å². The van der Waals surface area contributed by atoms with Crippen LogP contribution in [0, 0.1) is 0 Å². The van der Waals surface area contributed by atoms with Crippen molar-refractivity contribution in [2.24, 2.45) is 0 Å². The fourth-order valence-corrected chi connectivity index (χ4v) is 5.34. The second-order valence-corrected chi connectivity index (χ2v) is 11.1. The Labute approximate surface area is 226 Å². The van der Waals surface area contributed by atoms with E-state index in [4.69, 9.17) is 11.6 Å². The molecule has 0 bridgehead atoms. The predicted octanol–water partition coefficient (Wildman–Crippen LogP) is 5.00. The molecule has 4 rings (SSSR count). The number of aliphatic hydroxyl groups excluding tert-OH is 1. The summed E-state index contributed by atoms with van der Waals surface area (Å²) in [6, 6.07) is 25.9. The molecule has 0 aromatic heterocycles. The molecule has 0 heterocycles. The Morgan fingerprint density at radius 1 is 0.868 bits per heavy atom. The van der Waals surface area contributed by atoms with Gasteiger partial charge in [-0.1, -0.05) is 54.1 Å². The molecule has 38 heavy (non-hydrogen) atoms. The monoisotopic (exact) mass is 550 g/mol. The lowest BCUT2D eigenvalue weighted by atomic mass is 10.1. The van der Waals surface area contributed by atoms with Crippen LogP contribution in [0.3, 0.4) is 0 Å². The standard InChI is InChI=1S/C29H27ClN2O5S/c30-22-6-4-5-21(17-22)28(34)19-31-16-15-20-9-11-24(12-10-20)38(36,37)25-13-14-27(33)26(18-25)29(35)32-23-7-2-1-3-8-23/h1-14,17-18,28,31,33-34H,15-16,19H2,(H,32,35)/t28-/m1/s1. The van der Waals surface area contributed by atoms with Crippen LogP contribution in [-0.4, -0.2) is 37.6 Å². The van der Waals surface area contributed by atoms with Gasteiger partial charge in [0.15, 0.2) is 0 Å². The number of benzene rings is 4. The predicted molar refractivity (Wildman–Crippen MR) is 147 cm³/mol. The van der Waals surface area contributed by atoms with E-state index in [-0.39, 0.29) is 21.1 Å². The summed E-state index contributed by atoms with van der Waals surface area (Å²) in [6.45, 7) is 0.940. The number of hydrogen-bond acceptors (Lipinski definition) is 6. The molecular formula is C29H27ClN2O5S. The minimum absolute atomic E-state index is 0.0747. The van der Waals surface area contributed by atoms with Crippen LogP contribution >= 0.6 is 11.6 Å². The lowest BCUT2D eigenvalue weighted by molar-refractivity contribution is 0.102. The van der Waals surface area contributed by atoms with Gasteiger partial charge in [0.1, 0.15) is 5.75 Å². The van der Waals surface area contributed by atoms with Gasteiger partial charge in [0, 0.05) is 17.3 Å². The number of hydrogen-bond donors (Lipinski definition) is 4. The molecule has 0 unspecified atom stereocenters. The van der Waals surface area contributed by atoms with Crippen LogP contribution in [0.15, 0.2) is 107 Å². The van der Waals surface area contributed by atoms with E-state index in [0.717, 1.165) is 11.1 Å². The fourth-order valence-electron chi connectivity index (χ4n) is 3.86. The first-order chi connectivity index (χ1) is 18.2. The normalized spacial score (nSPS) is 12.2. The molecule has 4 N–H and O–H groups in total. The molecule has 1 atom stereocenters. The summed E-state index contributed by atoms with van der Waals surface area (Å²) in [7, 11) is -3.92. The number of phenols is 1. The van der Waals surface area contributed by atoms with Gasteiger partial charge in [0.2, 0.25) is 9.84 Å². The van der Waals surface area contributed by atoms with Crippen molar-refractivity contribution in [1.82, 2.24) is 5.32 Å². The van der Waals surface area contributed by atoms with Crippen molar-refractivity contribution < 1.29 is 23.4 Å². The van der Waals surface area contributed by atoms with Gasteiger partial charge in [-0.2, -0.15) is 0 Å². The molecule has 4 aromatic carbocycles. The maximum atomic E-state index is 13.2. The van der Waals surface area contributed by atoms with Crippen molar-refractivity contribution >= 4 is 33.0 Å². The lowest BCUT2D eigenvalue weighted by Crippen LogP contribution is -2.23. The highest BCUT2D eigenvalue weighted by molar-refractivity contribution is 7.91. The molecule has 0 spiro atoms. The summed E-state index contributed by atoms with van der Waals surface area (Å²) in [5, 5.41) is 26.9. The number of para-hydroxylation sites is 1. The van der Waals surface area contributed by atoms with Gasteiger partial charge in [-0.05, 0) is 78.7 Å². The first-order valence-corrected chi connectivity index (χ1v) is 13.8. The largest absolute Gasteiger partial charge is 0.507 e. The molecule has 7 nitrogen and oxygen atoms in total. The number of halogens is 1. The number of rotatable bonds is 10. The minimum atomic E-state index is -3.92. The lowest BCUT2D eigenvalue weighted by Gasteiger charge is -2.13. The van der Waals surface area contributed by atoms with Crippen LogP contribution < -0.4 is 10.6 Å². The highest BCUT2D eigenvalue weighted by Crippen LogP contribution is 2.27. The van der Waals surface area contributed by atoms with Gasteiger partial charge in [-0.15, -0.1) is 0 Å². The number of sulfone groups is 1. The van der Waals surface area contributed by atoms with Crippen LogP contribution in [0.4, 0.5) is 5.69 Å². The van der Waals surface area contributed by atoms with Gasteiger partial charge in [-0.25, -0.2) is 8.42 Å². The zero-order chi connectivity index (χ0) is 27.1. The molecule has 0 fully saturated rings. The highest BCUT2D eigenvalue weighted by atomic mass is 35.5. The number of aromatic hydroxyl groups is 1. The third-order valence-corrected chi connectivity index (χ3v) is 7.95. The number of phenolic OH excluding ortho intramolecular Hbond substituents is 1. The van der Waals surface area contributed by atoms with Crippen LogP contribution in [0.2, 0.25) is 5.02 Å². The summed E-state index contributed by atoms with van der Waals surface area (Å²) in [5.74, 6) is -0.935.